The largest absolute Gasteiger partial charge is 0.360 e. The molecule has 0 amide bonds. The molecule has 0 spiro atoms. The van der Waals surface area contributed by atoms with Gasteiger partial charge in [0.1, 0.15) is 0 Å². The van der Waals surface area contributed by atoms with Gasteiger partial charge in [-0.3, -0.25) is 0 Å². The Morgan fingerprint density at radius 3 is 2.60 bits per heavy atom. The summed E-state index contributed by atoms with van der Waals surface area (Å²) in [5.74, 6) is 0. The second-order valence-corrected chi connectivity index (χ2v) is 6.64. The highest BCUT2D eigenvalue weighted by atomic mass is 32.1. The van der Waals surface area contributed by atoms with E-state index in [0.717, 1.165) is 5.11 Å². The molecule has 2 aromatic rings. The Morgan fingerprint density at radius 1 is 1.25 bits per heavy atom. The molecule has 1 atom stereocenters. The lowest BCUT2D eigenvalue weighted by Crippen LogP contribution is -2.39. The van der Waals surface area contributed by atoms with Crippen molar-refractivity contribution in [1.29, 1.82) is 0 Å². The predicted molar refractivity (Wildman–Crippen MR) is 89.2 cm³/mol. The molecule has 1 fully saturated rings. The van der Waals surface area contributed by atoms with E-state index in [1.165, 1.54) is 28.8 Å². The van der Waals surface area contributed by atoms with Gasteiger partial charge in [-0.25, -0.2) is 0 Å². The Hall–Kier alpha value is -1.39. The standard InChI is InChI=1S/C16H18N2S2/c1-11-4-6-12(7-5-11)15(14-3-2-10-20-14)18-16(19)17-13-8-9-13/h2-7,10,13,15H,8-9H2,1H3,(H2,17,18,19)/t15-/m0/s1. The SMILES string of the molecule is Cc1ccc([C@H](NC(=S)NC2CC2)c2cccs2)cc1. The second kappa shape index (κ2) is 5.94. The minimum absolute atomic E-state index is 0.134. The summed E-state index contributed by atoms with van der Waals surface area (Å²) in [6, 6.07) is 13.6. The van der Waals surface area contributed by atoms with Crippen LogP contribution in [0.3, 0.4) is 0 Å². The molecule has 2 N–H and O–H groups in total. The number of hydrogen-bond donors (Lipinski definition) is 2. The predicted octanol–water partition coefficient (Wildman–Crippen LogP) is 3.77. The summed E-state index contributed by atoms with van der Waals surface area (Å²) in [7, 11) is 0. The number of hydrogen-bond acceptors (Lipinski definition) is 2. The first-order valence-electron chi connectivity index (χ1n) is 6.89. The van der Waals surface area contributed by atoms with Crippen LogP contribution in [-0.2, 0) is 0 Å². The molecule has 1 aromatic carbocycles. The molecule has 0 unspecified atom stereocenters. The van der Waals surface area contributed by atoms with Crippen LogP contribution in [0.2, 0.25) is 0 Å². The summed E-state index contributed by atoms with van der Waals surface area (Å²) in [5, 5.41) is 9.67. The molecule has 0 bridgehead atoms. The van der Waals surface area contributed by atoms with Gasteiger partial charge in [-0.05, 0) is 49.0 Å². The molecule has 1 heterocycles. The van der Waals surface area contributed by atoms with Gasteiger partial charge in [-0.15, -0.1) is 11.3 Å². The van der Waals surface area contributed by atoms with Gasteiger partial charge in [0.05, 0.1) is 6.04 Å². The van der Waals surface area contributed by atoms with E-state index in [0.29, 0.717) is 6.04 Å². The molecular weight excluding hydrogens is 284 g/mol. The quantitative estimate of drug-likeness (QED) is 0.841. The van der Waals surface area contributed by atoms with Gasteiger partial charge in [0.25, 0.3) is 0 Å². The summed E-state index contributed by atoms with van der Waals surface area (Å²) in [5.41, 5.74) is 2.52. The number of nitrogens with one attached hydrogen (secondary N) is 2. The van der Waals surface area contributed by atoms with Crippen LogP contribution in [0.15, 0.2) is 41.8 Å². The van der Waals surface area contributed by atoms with Crippen LogP contribution in [0.25, 0.3) is 0 Å². The van der Waals surface area contributed by atoms with Crippen molar-refractivity contribution in [2.45, 2.75) is 31.8 Å². The van der Waals surface area contributed by atoms with Crippen molar-refractivity contribution in [2.24, 2.45) is 0 Å². The van der Waals surface area contributed by atoms with Gasteiger partial charge in [-0.1, -0.05) is 35.9 Å². The summed E-state index contributed by atoms with van der Waals surface area (Å²) in [6.45, 7) is 2.11. The van der Waals surface area contributed by atoms with Crippen molar-refractivity contribution in [3.05, 3.63) is 57.8 Å². The fraction of sp³-hybridized carbons (Fsp3) is 0.312. The summed E-state index contributed by atoms with van der Waals surface area (Å²) < 4.78 is 0. The zero-order valence-electron chi connectivity index (χ0n) is 11.4. The average molecular weight is 302 g/mol. The van der Waals surface area contributed by atoms with Gasteiger partial charge >= 0.3 is 0 Å². The average Bonchev–Trinajstić information content (AvgIpc) is 3.07. The van der Waals surface area contributed by atoms with Crippen molar-refractivity contribution < 1.29 is 0 Å². The Labute approximate surface area is 129 Å². The third kappa shape index (κ3) is 3.38. The highest BCUT2D eigenvalue weighted by molar-refractivity contribution is 7.80. The minimum atomic E-state index is 0.134. The van der Waals surface area contributed by atoms with E-state index >= 15 is 0 Å². The molecule has 1 aliphatic carbocycles. The zero-order chi connectivity index (χ0) is 13.9. The van der Waals surface area contributed by atoms with Crippen molar-refractivity contribution in [2.75, 3.05) is 0 Å². The Kier molecular flexibility index (Phi) is 4.03. The lowest BCUT2D eigenvalue weighted by Gasteiger charge is -2.20. The molecule has 104 valence electrons. The van der Waals surface area contributed by atoms with Crippen LogP contribution in [-0.4, -0.2) is 11.2 Å². The van der Waals surface area contributed by atoms with Crippen molar-refractivity contribution >= 4 is 28.7 Å². The van der Waals surface area contributed by atoms with E-state index in [-0.39, 0.29) is 6.04 Å². The van der Waals surface area contributed by atoms with Crippen molar-refractivity contribution in [1.82, 2.24) is 10.6 Å². The monoisotopic (exact) mass is 302 g/mol. The topological polar surface area (TPSA) is 24.1 Å². The zero-order valence-corrected chi connectivity index (χ0v) is 13.1. The maximum Gasteiger partial charge on any atom is 0.167 e. The normalized spacial score (nSPS) is 15.7. The number of benzene rings is 1. The number of aryl methyl sites for hydroxylation is 1. The smallest absolute Gasteiger partial charge is 0.167 e. The molecule has 1 saturated carbocycles. The maximum absolute atomic E-state index is 5.43. The first kappa shape index (κ1) is 13.6. The van der Waals surface area contributed by atoms with Crippen LogP contribution < -0.4 is 10.6 Å². The third-order valence-electron chi connectivity index (χ3n) is 3.43. The highest BCUT2D eigenvalue weighted by Crippen LogP contribution is 2.26. The van der Waals surface area contributed by atoms with Crippen LogP contribution in [0.4, 0.5) is 0 Å². The lowest BCUT2D eigenvalue weighted by molar-refractivity contribution is 0.746. The molecule has 1 aromatic heterocycles. The summed E-state index contributed by atoms with van der Waals surface area (Å²) in [6.07, 6.45) is 2.46. The molecule has 3 rings (SSSR count). The van der Waals surface area contributed by atoms with Crippen LogP contribution >= 0.6 is 23.6 Å². The maximum atomic E-state index is 5.43. The summed E-state index contributed by atoms with van der Waals surface area (Å²) in [4.78, 5) is 1.29. The molecule has 0 radical (unpaired) electrons. The van der Waals surface area contributed by atoms with Gasteiger partial charge < -0.3 is 10.6 Å². The van der Waals surface area contributed by atoms with Gasteiger partial charge in [0.2, 0.25) is 0 Å². The minimum Gasteiger partial charge on any atom is -0.360 e. The van der Waals surface area contributed by atoms with Crippen LogP contribution in [0.5, 0.6) is 0 Å². The molecule has 2 nitrogen and oxygen atoms in total. The number of thiocarbonyl (C=S) groups is 1. The van der Waals surface area contributed by atoms with Crippen molar-refractivity contribution in [3.63, 3.8) is 0 Å². The Morgan fingerprint density at radius 2 is 2.00 bits per heavy atom. The van der Waals surface area contributed by atoms with E-state index in [2.05, 4.69) is 59.3 Å². The molecule has 1 aliphatic rings. The molecule has 20 heavy (non-hydrogen) atoms. The number of rotatable bonds is 4. The molecule has 0 saturated heterocycles. The van der Waals surface area contributed by atoms with E-state index in [9.17, 15) is 0 Å². The fourth-order valence-electron chi connectivity index (χ4n) is 2.12. The van der Waals surface area contributed by atoms with E-state index in [4.69, 9.17) is 12.2 Å². The molecule has 0 aliphatic heterocycles. The Balaban J connectivity index is 1.79. The first-order valence-corrected chi connectivity index (χ1v) is 8.18. The summed E-state index contributed by atoms with van der Waals surface area (Å²) >= 11 is 7.19. The number of thiophene rings is 1. The van der Waals surface area contributed by atoms with Gasteiger partial charge in [-0.2, -0.15) is 0 Å². The third-order valence-corrected chi connectivity index (χ3v) is 4.60. The molecular formula is C16H18N2S2. The van der Waals surface area contributed by atoms with Crippen LogP contribution in [0.1, 0.15) is 34.9 Å². The van der Waals surface area contributed by atoms with Crippen LogP contribution in [0, 0.1) is 6.92 Å². The highest BCUT2D eigenvalue weighted by Gasteiger charge is 2.23. The lowest BCUT2D eigenvalue weighted by atomic mass is 10.0. The molecule has 4 heteroatoms. The van der Waals surface area contributed by atoms with E-state index in [1.807, 2.05) is 0 Å². The fourth-order valence-corrected chi connectivity index (χ4v) is 3.21. The van der Waals surface area contributed by atoms with Gasteiger partial charge in [0, 0.05) is 10.9 Å². The van der Waals surface area contributed by atoms with E-state index < -0.39 is 0 Å². The second-order valence-electron chi connectivity index (χ2n) is 5.25. The van der Waals surface area contributed by atoms with Crippen molar-refractivity contribution in [3.8, 4) is 0 Å². The Bertz CT molecular complexity index is 571. The van der Waals surface area contributed by atoms with Gasteiger partial charge in [0.15, 0.2) is 5.11 Å². The van der Waals surface area contributed by atoms with E-state index in [1.54, 1.807) is 11.3 Å². The first-order chi connectivity index (χ1) is 9.72.